The summed E-state index contributed by atoms with van der Waals surface area (Å²) in [6.45, 7) is 11.5. The summed E-state index contributed by atoms with van der Waals surface area (Å²) in [7, 11) is 0. The summed E-state index contributed by atoms with van der Waals surface area (Å²) in [6.07, 6.45) is 0.162. The molecule has 2 atom stereocenters. The number of carbonyl (C=O) groups is 1. The summed E-state index contributed by atoms with van der Waals surface area (Å²) in [4.78, 5) is 15.0. The zero-order chi connectivity index (χ0) is 17.4. The number of aryl methyl sites for hydroxylation is 2. The van der Waals surface area contributed by atoms with Crippen LogP contribution in [0.2, 0.25) is 0 Å². The molecule has 0 aliphatic carbocycles. The van der Waals surface area contributed by atoms with Crippen molar-refractivity contribution < 1.29 is 9.53 Å². The third-order valence-corrected chi connectivity index (χ3v) is 4.72. The van der Waals surface area contributed by atoms with Gasteiger partial charge in [-0.25, -0.2) is 0 Å². The van der Waals surface area contributed by atoms with Crippen LogP contribution in [0.5, 0.6) is 0 Å². The van der Waals surface area contributed by atoms with Gasteiger partial charge in [-0.2, -0.15) is 0 Å². The number of ether oxygens (including phenoxy) is 1. The smallest absolute Gasteiger partial charge is 0.255 e. The van der Waals surface area contributed by atoms with E-state index >= 15 is 0 Å². The Morgan fingerprint density at radius 1 is 1.08 bits per heavy atom. The average Bonchev–Trinajstić information content (AvgIpc) is 2.81. The molecule has 2 unspecified atom stereocenters. The van der Waals surface area contributed by atoms with Gasteiger partial charge in [0, 0.05) is 30.2 Å². The van der Waals surface area contributed by atoms with Crippen molar-refractivity contribution in [2.75, 3.05) is 13.1 Å². The maximum atomic E-state index is 13.1. The van der Waals surface area contributed by atoms with Crippen LogP contribution < -0.4 is 0 Å². The van der Waals surface area contributed by atoms with Gasteiger partial charge in [0.2, 0.25) is 0 Å². The average molecular weight is 326 g/mol. The molecular weight excluding hydrogens is 300 g/mol. The van der Waals surface area contributed by atoms with E-state index in [1.54, 1.807) is 0 Å². The molecule has 1 aliphatic heterocycles. The van der Waals surface area contributed by atoms with Crippen LogP contribution >= 0.6 is 0 Å². The van der Waals surface area contributed by atoms with Gasteiger partial charge in [-0.1, -0.05) is 18.2 Å². The van der Waals surface area contributed by atoms with Crippen LogP contribution in [-0.4, -0.2) is 40.7 Å². The minimum Gasteiger partial charge on any atom is -0.372 e. The largest absolute Gasteiger partial charge is 0.372 e. The van der Waals surface area contributed by atoms with Gasteiger partial charge < -0.3 is 14.2 Å². The number of carbonyl (C=O) groups excluding carboxylic acids is 1. The molecule has 0 radical (unpaired) electrons. The van der Waals surface area contributed by atoms with E-state index in [1.165, 1.54) is 5.56 Å². The van der Waals surface area contributed by atoms with Gasteiger partial charge in [0.15, 0.2) is 0 Å². The number of aromatic nitrogens is 1. The summed E-state index contributed by atoms with van der Waals surface area (Å²) in [5.74, 6) is 0.102. The highest BCUT2D eigenvalue weighted by molar-refractivity contribution is 5.96. The first-order valence-corrected chi connectivity index (χ1v) is 8.58. The Morgan fingerprint density at radius 3 is 2.33 bits per heavy atom. The lowest BCUT2D eigenvalue weighted by Crippen LogP contribution is -2.48. The molecule has 1 fully saturated rings. The van der Waals surface area contributed by atoms with Crippen LogP contribution in [-0.2, 0) is 4.74 Å². The van der Waals surface area contributed by atoms with Crippen LogP contribution in [0.4, 0.5) is 0 Å². The molecule has 2 heterocycles. The lowest BCUT2D eigenvalue weighted by molar-refractivity contribution is -0.0586. The highest BCUT2D eigenvalue weighted by Gasteiger charge is 2.28. The second-order valence-corrected chi connectivity index (χ2v) is 6.87. The molecule has 1 amide bonds. The van der Waals surface area contributed by atoms with Crippen LogP contribution in [0.25, 0.3) is 5.69 Å². The summed E-state index contributed by atoms with van der Waals surface area (Å²) in [5, 5.41) is 0. The molecule has 1 aromatic heterocycles. The Morgan fingerprint density at radius 2 is 1.71 bits per heavy atom. The van der Waals surface area contributed by atoms with E-state index in [-0.39, 0.29) is 18.1 Å². The Balaban J connectivity index is 1.97. The minimum absolute atomic E-state index is 0.0811. The molecule has 4 heteroatoms. The molecule has 0 spiro atoms. The molecule has 1 aliphatic rings. The SMILES string of the molecule is Cc1ccccc1-n1c(C)cc(C(=O)N2CC(C)OC(C)C2)c1C. The molecule has 1 aromatic carbocycles. The maximum absolute atomic E-state index is 13.1. The lowest BCUT2D eigenvalue weighted by atomic mass is 10.1. The Hall–Kier alpha value is -2.07. The third kappa shape index (κ3) is 2.98. The number of rotatable bonds is 2. The number of benzene rings is 1. The van der Waals surface area contributed by atoms with Gasteiger partial charge >= 0.3 is 0 Å². The number of para-hydroxylation sites is 1. The van der Waals surface area contributed by atoms with Crippen molar-refractivity contribution in [2.24, 2.45) is 0 Å². The summed E-state index contributed by atoms with van der Waals surface area (Å²) < 4.78 is 7.92. The molecule has 0 saturated carbocycles. The fourth-order valence-electron chi connectivity index (χ4n) is 3.68. The molecule has 3 rings (SSSR count). The molecule has 128 valence electrons. The molecule has 0 N–H and O–H groups in total. The topological polar surface area (TPSA) is 34.5 Å². The van der Waals surface area contributed by atoms with E-state index in [9.17, 15) is 4.79 Å². The predicted molar refractivity (Wildman–Crippen MR) is 95.9 cm³/mol. The third-order valence-electron chi connectivity index (χ3n) is 4.72. The fraction of sp³-hybridized carbons (Fsp3) is 0.450. The Labute approximate surface area is 144 Å². The van der Waals surface area contributed by atoms with Crippen molar-refractivity contribution in [1.82, 2.24) is 9.47 Å². The molecular formula is C20H26N2O2. The first kappa shape index (κ1) is 16.8. The normalized spacial score (nSPS) is 21.1. The Bertz CT molecular complexity index is 753. The number of morpholine rings is 1. The number of hydrogen-bond donors (Lipinski definition) is 0. The minimum atomic E-state index is 0.0811. The van der Waals surface area contributed by atoms with Crippen LogP contribution in [0, 0.1) is 20.8 Å². The van der Waals surface area contributed by atoms with Crippen molar-refractivity contribution in [2.45, 2.75) is 46.8 Å². The van der Waals surface area contributed by atoms with E-state index in [0.29, 0.717) is 13.1 Å². The second-order valence-electron chi connectivity index (χ2n) is 6.87. The van der Waals surface area contributed by atoms with Gasteiger partial charge in [0.05, 0.1) is 17.8 Å². The van der Waals surface area contributed by atoms with Gasteiger partial charge in [0.1, 0.15) is 0 Å². The predicted octanol–water partition coefficient (Wildman–Crippen LogP) is 3.65. The summed E-state index contributed by atoms with van der Waals surface area (Å²) >= 11 is 0. The number of hydrogen-bond acceptors (Lipinski definition) is 2. The van der Waals surface area contributed by atoms with E-state index in [2.05, 4.69) is 30.5 Å². The summed E-state index contributed by atoms with van der Waals surface area (Å²) in [5.41, 5.74) is 5.21. The Kier molecular flexibility index (Phi) is 4.50. The standard InChI is InChI=1S/C20H26N2O2/c1-13-8-6-7-9-19(13)22-14(2)10-18(17(22)5)20(23)21-11-15(3)24-16(4)12-21/h6-10,15-16H,11-12H2,1-5H3. The molecule has 1 saturated heterocycles. The van der Waals surface area contributed by atoms with Crippen molar-refractivity contribution >= 4 is 5.91 Å². The fourth-order valence-corrected chi connectivity index (χ4v) is 3.68. The number of nitrogens with zero attached hydrogens (tertiary/aromatic N) is 2. The van der Waals surface area contributed by atoms with Crippen LogP contribution in [0.1, 0.15) is 41.2 Å². The second kappa shape index (κ2) is 6.44. The first-order chi connectivity index (χ1) is 11.4. The molecule has 4 nitrogen and oxygen atoms in total. The van der Waals surface area contributed by atoms with Gasteiger partial charge in [-0.3, -0.25) is 4.79 Å². The first-order valence-electron chi connectivity index (χ1n) is 8.58. The van der Waals surface area contributed by atoms with Gasteiger partial charge in [-0.05, 0) is 52.3 Å². The van der Waals surface area contributed by atoms with Crippen molar-refractivity contribution in [1.29, 1.82) is 0 Å². The quantitative estimate of drug-likeness (QED) is 0.844. The van der Waals surface area contributed by atoms with Crippen LogP contribution in [0.3, 0.4) is 0 Å². The maximum Gasteiger partial charge on any atom is 0.255 e. The number of amides is 1. The van der Waals surface area contributed by atoms with Crippen molar-refractivity contribution in [3.63, 3.8) is 0 Å². The monoisotopic (exact) mass is 326 g/mol. The van der Waals surface area contributed by atoms with Crippen molar-refractivity contribution in [3.8, 4) is 5.69 Å². The molecule has 2 aromatic rings. The highest BCUT2D eigenvalue weighted by Crippen LogP contribution is 2.25. The molecule has 24 heavy (non-hydrogen) atoms. The molecule has 0 bridgehead atoms. The van der Waals surface area contributed by atoms with Gasteiger partial charge in [0.25, 0.3) is 5.91 Å². The van der Waals surface area contributed by atoms with E-state index < -0.39 is 0 Å². The van der Waals surface area contributed by atoms with Crippen molar-refractivity contribution in [3.05, 3.63) is 52.8 Å². The van der Waals surface area contributed by atoms with E-state index in [4.69, 9.17) is 4.74 Å². The van der Waals surface area contributed by atoms with Crippen LogP contribution in [0.15, 0.2) is 30.3 Å². The summed E-state index contributed by atoms with van der Waals surface area (Å²) in [6, 6.07) is 10.3. The zero-order valence-electron chi connectivity index (χ0n) is 15.2. The zero-order valence-corrected chi connectivity index (χ0v) is 15.2. The highest BCUT2D eigenvalue weighted by atomic mass is 16.5. The lowest BCUT2D eigenvalue weighted by Gasteiger charge is -2.35. The van der Waals surface area contributed by atoms with E-state index in [0.717, 1.165) is 22.6 Å². The van der Waals surface area contributed by atoms with E-state index in [1.807, 2.05) is 43.9 Å². The van der Waals surface area contributed by atoms with Gasteiger partial charge in [-0.15, -0.1) is 0 Å².